The van der Waals surface area contributed by atoms with Gasteiger partial charge in [0.15, 0.2) is 18.2 Å². The quantitative estimate of drug-likeness (QED) is 0.309. The second-order valence-electron chi connectivity index (χ2n) is 7.45. The Morgan fingerprint density at radius 3 is 2.57 bits per heavy atom. The minimum absolute atomic E-state index is 0.119. The second-order valence-corrected chi connectivity index (χ2v) is 7.45. The lowest BCUT2D eigenvalue weighted by molar-refractivity contribution is -0.324. The number of fused-ring (bicyclic) bond motifs is 1. The van der Waals surface area contributed by atoms with Gasteiger partial charge in [0, 0.05) is 13.3 Å². The minimum Gasteiger partial charge on any atom is -0.472 e. The molecule has 0 amide bonds. The minimum atomic E-state index is -1.88. The molecule has 9 unspecified atom stereocenters. The van der Waals surface area contributed by atoms with Crippen molar-refractivity contribution in [1.82, 2.24) is 0 Å². The third-order valence-corrected chi connectivity index (χ3v) is 5.44. The Hall–Kier alpha value is -1.60. The van der Waals surface area contributed by atoms with Crippen molar-refractivity contribution in [3.63, 3.8) is 0 Å². The molecule has 3 aliphatic rings. The summed E-state index contributed by atoms with van der Waals surface area (Å²) in [6.45, 7) is 1.95. The molecule has 11 heteroatoms. The molecule has 1 aliphatic carbocycles. The van der Waals surface area contributed by atoms with Crippen LogP contribution in [0.15, 0.2) is 12.3 Å². The van der Waals surface area contributed by atoms with Crippen molar-refractivity contribution >= 4 is 11.8 Å². The van der Waals surface area contributed by atoms with Crippen molar-refractivity contribution in [1.29, 1.82) is 0 Å². The van der Waals surface area contributed by atoms with Gasteiger partial charge in [-0.2, -0.15) is 0 Å². The van der Waals surface area contributed by atoms with Gasteiger partial charge >= 0.3 is 5.97 Å². The number of Topliss-reactive ketones (excluding diaryl/α,β-unsaturated/α-hetero) is 1. The fraction of sp³-hybridized carbons (Fsp3) is 0.765. The molecular formula is C17H24O11. The van der Waals surface area contributed by atoms with Crippen LogP contribution >= 0.6 is 0 Å². The average molecular weight is 404 g/mol. The number of hydrogen-bond donors (Lipinski definition) is 5. The smallest absolute Gasteiger partial charge is 0.303 e. The van der Waals surface area contributed by atoms with Gasteiger partial charge < -0.3 is 44.5 Å². The van der Waals surface area contributed by atoms with Crippen LogP contribution in [-0.2, 0) is 28.5 Å². The lowest BCUT2D eigenvalue weighted by Gasteiger charge is -2.44. The molecule has 0 bridgehead atoms. The summed E-state index contributed by atoms with van der Waals surface area (Å²) in [5.41, 5.74) is -3.26. The van der Waals surface area contributed by atoms with Crippen LogP contribution < -0.4 is 0 Å². The molecule has 0 aromatic rings. The monoisotopic (exact) mass is 404 g/mol. The standard InChI is InChI=1S/C17H24O11/c1-7(19)28-16(2)5-9(20)17(24)3-4-25-15(13(16)17)27-14-12(23)11(22)10(21)8(6-18)26-14/h3-4,8-10,12-15,18,20-21,23-24H,5-6H2,1-2H3. The van der Waals surface area contributed by atoms with Crippen molar-refractivity contribution < 1.29 is 54.1 Å². The zero-order valence-electron chi connectivity index (χ0n) is 15.3. The van der Waals surface area contributed by atoms with Crippen molar-refractivity contribution in [3.8, 4) is 0 Å². The summed E-state index contributed by atoms with van der Waals surface area (Å²) in [7, 11) is 0. The molecule has 2 heterocycles. The molecule has 11 nitrogen and oxygen atoms in total. The second kappa shape index (κ2) is 7.34. The number of ether oxygens (including phenoxy) is 4. The topological polar surface area (TPSA) is 172 Å². The lowest BCUT2D eigenvalue weighted by atomic mass is 9.81. The number of hydrogen-bond acceptors (Lipinski definition) is 11. The number of carbonyl (C=O) groups excluding carboxylic acids is 2. The maximum absolute atomic E-state index is 12.0. The van der Waals surface area contributed by atoms with Crippen molar-refractivity contribution in [2.75, 3.05) is 6.61 Å². The summed E-state index contributed by atoms with van der Waals surface area (Å²) in [6, 6.07) is 0. The van der Waals surface area contributed by atoms with Gasteiger partial charge in [0.05, 0.1) is 24.9 Å². The van der Waals surface area contributed by atoms with E-state index in [2.05, 4.69) is 0 Å². The summed E-state index contributed by atoms with van der Waals surface area (Å²) < 4.78 is 21.5. The van der Waals surface area contributed by atoms with Crippen molar-refractivity contribution in [3.05, 3.63) is 12.3 Å². The average Bonchev–Trinajstić information content (AvgIpc) is 2.81. The Labute approximate surface area is 160 Å². The maximum atomic E-state index is 12.0. The molecule has 0 aromatic heterocycles. The third-order valence-electron chi connectivity index (χ3n) is 5.44. The Kier molecular flexibility index (Phi) is 5.53. The molecule has 158 valence electrons. The van der Waals surface area contributed by atoms with E-state index in [1.54, 1.807) is 0 Å². The number of rotatable bonds is 4. The van der Waals surface area contributed by atoms with E-state index in [1.165, 1.54) is 19.9 Å². The van der Waals surface area contributed by atoms with Gasteiger partial charge in [0.25, 0.3) is 0 Å². The third kappa shape index (κ3) is 3.32. The van der Waals surface area contributed by atoms with E-state index < -0.39 is 72.5 Å². The predicted octanol–water partition coefficient (Wildman–Crippen LogP) is -2.69. The molecule has 0 spiro atoms. The Morgan fingerprint density at radius 1 is 1.29 bits per heavy atom. The van der Waals surface area contributed by atoms with Crippen LogP contribution in [0, 0.1) is 5.92 Å². The molecule has 2 aliphatic heterocycles. The van der Waals surface area contributed by atoms with E-state index in [0.717, 1.165) is 6.26 Å². The first-order chi connectivity index (χ1) is 13.0. The van der Waals surface area contributed by atoms with Crippen LogP contribution in [0.4, 0.5) is 0 Å². The molecule has 9 atom stereocenters. The normalized spacial score (nSPS) is 48.1. The van der Waals surface area contributed by atoms with Gasteiger partial charge in [-0.05, 0) is 13.0 Å². The largest absolute Gasteiger partial charge is 0.472 e. The molecule has 0 radical (unpaired) electrons. The first kappa shape index (κ1) is 21.1. The highest BCUT2D eigenvalue weighted by Crippen LogP contribution is 2.51. The first-order valence-electron chi connectivity index (χ1n) is 8.78. The Balaban J connectivity index is 1.88. The Morgan fingerprint density at radius 2 is 1.96 bits per heavy atom. The molecule has 2 fully saturated rings. The molecule has 1 saturated carbocycles. The van der Waals surface area contributed by atoms with Crippen molar-refractivity contribution in [2.24, 2.45) is 5.92 Å². The summed E-state index contributed by atoms with van der Waals surface area (Å²) in [5, 5.41) is 50.3. The van der Waals surface area contributed by atoms with Crippen LogP contribution in [0.25, 0.3) is 0 Å². The summed E-state index contributed by atoms with van der Waals surface area (Å²) in [5.74, 6) is -2.79. The van der Waals surface area contributed by atoms with E-state index >= 15 is 0 Å². The molecule has 0 aromatic carbocycles. The number of ketones is 1. The van der Waals surface area contributed by atoms with Gasteiger partial charge in [0.1, 0.15) is 23.4 Å². The highest BCUT2D eigenvalue weighted by Gasteiger charge is 2.66. The fourth-order valence-electron chi connectivity index (χ4n) is 4.13. The van der Waals surface area contributed by atoms with E-state index in [-0.39, 0.29) is 6.42 Å². The van der Waals surface area contributed by atoms with E-state index in [1.807, 2.05) is 0 Å². The first-order valence-corrected chi connectivity index (χ1v) is 8.78. The zero-order chi connectivity index (χ0) is 20.9. The number of carbonyl (C=O) groups is 2. The van der Waals surface area contributed by atoms with Crippen LogP contribution in [-0.4, -0.2) is 92.1 Å². The van der Waals surface area contributed by atoms with Gasteiger partial charge in [-0.25, -0.2) is 0 Å². The number of aliphatic hydroxyl groups excluding tert-OH is 4. The van der Waals surface area contributed by atoms with E-state index in [0.29, 0.717) is 0 Å². The van der Waals surface area contributed by atoms with Crippen LogP contribution in [0.1, 0.15) is 20.3 Å². The lowest BCUT2D eigenvalue weighted by Crippen LogP contribution is -2.60. The van der Waals surface area contributed by atoms with E-state index in [4.69, 9.17) is 18.9 Å². The molecule has 28 heavy (non-hydrogen) atoms. The summed E-state index contributed by atoms with van der Waals surface area (Å²) in [4.78, 5) is 23.5. The fourth-order valence-corrected chi connectivity index (χ4v) is 4.13. The Bertz CT molecular complexity index is 665. The molecule has 3 rings (SSSR count). The van der Waals surface area contributed by atoms with Crippen LogP contribution in [0.3, 0.4) is 0 Å². The maximum Gasteiger partial charge on any atom is 0.303 e. The predicted molar refractivity (Wildman–Crippen MR) is 87.1 cm³/mol. The van der Waals surface area contributed by atoms with Crippen molar-refractivity contribution in [2.45, 2.75) is 68.5 Å². The van der Waals surface area contributed by atoms with Gasteiger partial charge in [-0.15, -0.1) is 0 Å². The highest BCUT2D eigenvalue weighted by atomic mass is 16.8. The van der Waals surface area contributed by atoms with Gasteiger partial charge in [-0.1, -0.05) is 0 Å². The molecule has 1 saturated heterocycles. The number of esters is 1. The van der Waals surface area contributed by atoms with Crippen LogP contribution in [0.2, 0.25) is 0 Å². The zero-order valence-corrected chi connectivity index (χ0v) is 15.3. The highest BCUT2D eigenvalue weighted by molar-refractivity contribution is 5.88. The number of aliphatic hydroxyl groups is 5. The van der Waals surface area contributed by atoms with Gasteiger partial charge in [0.2, 0.25) is 6.29 Å². The van der Waals surface area contributed by atoms with E-state index in [9.17, 15) is 35.1 Å². The molecule has 5 N–H and O–H groups in total. The summed E-state index contributed by atoms with van der Waals surface area (Å²) in [6.07, 6.45) is -7.10. The SMILES string of the molecule is CC(=O)OC1(C)CC(O)C2(O)C=COC(OC3OC(CO)C(O)C(=O)C3O)C12. The van der Waals surface area contributed by atoms with Gasteiger partial charge in [-0.3, -0.25) is 9.59 Å². The summed E-state index contributed by atoms with van der Waals surface area (Å²) >= 11 is 0. The van der Waals surface area contributed by atoms with Crippen LogP contribution in [0.5, 0.6) is 0 Å². The molecular weight excluding hydrogens is 380 g/mol.